The summed E-state index contributed by atoms with van der Waals surface area (Å²) < 4.78 is 4.88. The lowest BCUT2D eigenvalue weighted by Gasteiger charge is -2.00. The van der Waals surface area contributed by atoms with Gasteiger partial charge in [0.2, 0.25) is 5.88 Å². The van der Waals surface area contributed by atoms with Crippen LogP contribution in [0.1, 0.15) is 12.5 Å². The van der Waals surface area contributed by atoms with Crippen molar-refractivity contribution < 1.29 is 9.45 Å². The summed E-state index contributed by atoms with van der Waals surface area (Å²) in [7, 11) is 0. The van der Waals surface area contributed by atoms with Crippen molar-refractivity contribution in [3.63, 3.8) is 0 Å². The molecule has 1 aromatic carbocycles. The van der Waals surface area contributed by atoms with Gasteiger partial charge in [-0.2, -0.15) is 0 Å². The molecule has 0 spiro atoms. The molecule has 0 saturated carbocycles. The van der Waals surface area contributed by atoms with Crippen LogP contribution >= 0.6 is 0 Å². The molecule has 6 heteroatoms. The van der Waals surface area contributed by atoms with E-state index in [2.05, 4.69) is 5.16 Å². The molecule has 2 N–H and O–H groups in total. The van der Waals surface area contributed by atoms with Crippen LogP contribution in [0, 0.1) is 10.1 Å². The van der Waals surface area contributed by atoms with Crippen molar-refractivity contribution in [3.8, 4) is 11.3 Å². The van der Waals surface area contributed by atoms with Crippen molar-refractivity contribution >= 4 is 11.6 Å². The highest BCUT2D eigenvalue weighted by Crippen LogP contribution is 2.33. The highest BCUT2D eigenvalue weighted by molar-refractivity contribution is 5.75. The third-order valence-corrected chi connectivity index (χ3v) is 2.53. The van der Waals surface area contributed by atoms with E-state index in [4.69, 9.17) is 10.3 Å². The minimum Gasteiger partial charge on any atom is -0.367 e. The Bertz CT molecular complexity index is 563. The lowest BCUT2D eigenvalue weighted by Crippen LogP contribution is -1.94. The van der Waals surface area contributed by atoms with Crippen molar-refractivity contribution in [1.82, 2.24) is 5.16 Å². The zero-order chi connectivity index (χ0) is 12.4. The van der Waals surface area contributed by atoms with Gasteiger partial charge in [0.15, 0.2) is 0 Å². The normalized spacial score (nSPS) is 10.4. The Morgan fingerprint density at radius 3 is 2.82 bits per heavy atom. The average Bonchev–Trinajstić information content (AvgIpc) is 2.70. The van der Waals surface area contributed by atoms with Crippen molar-refractivity contribution in [2.24, 2.45) is 0 Å². The maximum atomic E-state index is 10.9. The number of benzene rings is 1. The summed E-state index contributed by atoms with van der Waals surface area (Å²) >= 11 is 0. The zero-order valence-electron chi connectivity index (χ0n) is 9.21. The number of para-hydroxylation sites is 1. The van der Waals surface area contributed by atoms with Gasteiger partial charge in [0, 0.05) is 11.6 Å². The molecule has 0 aliphatic heterocycles. The van der Waals surface area contributed by atoms with E-state index in [-0.39, 0.29) is 11.6 Å². The van der Waals surface area contributed by atoms with Gasteiger partial charge in [-0.15, -0.1) is 0 Å². The zero-order valence-corrected chi connectivity index (χ0v) is 9.21. The van der Waals surface area contributed by atoms with Crippen molar-refractivity contribution in [1.29, 1.82) is 0 Å². The summed E-state index contributed by atoms with van der Waals surface area (Å²) in [6, 6.07) is 6.39. The van der Waals surface area contributed by atoms with Crippen molar-refractivity contribution in [2.45, 2.75) is 13.3 Å². The number of aromatic nitrogens is 1. The first-order valence-electron chi connectivity index (χ1n) is 5.13. The molecule has 0 saturated heterocycles. The quantitative estimate of drug-likeness (QED) is 0.648. The van der Waals surface area contributed by atoms with Gasteiger partial charge in [-0.3, -0.25) is 10.1 Å². The van der Waals surface area contributed by atoms with Crippen LogP contribution in [0.4, 0.5) is 11.6 Å². The van der Waals surface area contributed by atoms with Crippen LogP contribution in [0.2, 0.25) is 0 Å². The molecular weight excluding hydrogens is 222 g/mol. The van der Waals surface area contributed by atoms with E-state index in [0.29, 0.717) is 23.2 Å². The van der Waals surface area contributed by atoms with Gasteiger partial charge in [-0.25, -0.2) is 0 Å². The molecule has 0 fully saturated rings. The monoisotopic (exact) mass is 233 g/mol. The first-order valence-corrected chi connectivity index (χ1v) is 5.13. The van der Waals surface area contributed by atoms with Crippen LogP contribution in [0.15, 0.2) is 28.8 Å². The SMILES string of the molecule is CCc1c(-c2ccccc2[N+](=O)[O-])noc1N. The molecule has 0 unspecified atom stereocenters. The minimum absolute atomic E-state index is 0.00417. The number of rotatable bonds is 3. The van der Waals surface area contributed by atoms with Crippen molar-refractivity contribution in [3.05, 3.63) is 39.9 Å². The molecule has 17 heavy (non-hydrogen) atoms. The van der Waals surface area contributed by atoms with Crippen LogP contribution in [0.25, 0.3) is 11.3 Å². The molecular formula is C11H11N3O3. The van der Waals surface area contributed by atoms with E-state index >= 15 is 0 Å². The van der Waals surface area contributed by atoms with Crippen LogP contribution < -0.4 is 5.73 Å². The van der Waals surface area contributed by atoms with Gasteiger partial charge >= 0.3 is 0 Å². The number of nitrogens with zero attached hydrogens (tertiary/aromatic N) is 2. The van der Waals surface area contributed by atoms with Gasteiger partial charge in [0.1, 0.15) is 5.69 Å². The summed E-state index contributed by atoms with van der Waals surface area (Å²) in [5.74, 6) is 0.209. The minimum atomic E-state index is -0.445. The number of nitro groups is 1. The van der Waals surface area contributed by atoms with Gasteiger partial charge in [-0.05, 0) is 12.5 Å². The van der Waals surface area contributed by atoms with E-state index in [1.165, 1.54) is 6.07 Å². The van der Waals surface area contributed by atoms with Gasteiger partial charge < -0.3 is 10.3 Å². The van der Waals surface area contributed by atoms with Crippen molar-refractivity contribution in [2.75, 3.05) is 5.73 Å². The predicted molar refractivity (Wildman–Crippen MR) is 62.4 cm³/mol. The van der Waals surface area contributed by atoms with E-state index in [1.54, 1.807) is 18.2 Å². The Balaban J connectivity index is 2.64. The summed E-state index contributed by atoms with van der Waals surface area (Å²) in [6.07, 6.45) is 0.608. The highest BCUT2D eigenvalue weighted by Gasteiger charge is 2.21. The number of anilines is 1. The fourth-order valence-corrected chi connectivity index (χ4v) is 1.71. The first-order chi connectivity index (χ1) is 8.15. The van der Waals surface area contributed by atoms with Gasteiger partial charge in [-0.1, -0.05) is 24.2 Å². The predicted octanol–water partition coefficient (Wildman–Crippen LogP) is 2.39. The molecule has 1 heterocycles. The summed E-state index contributed by atoms with van der Waals surface area (Å²) in [6.45, 7) is 1.89. The second kappa shape index (κ2) is 4.25. The Labute approximate surface area is 97.2 Å². The Morgan fingerprint density at radius 1 is 1.47 bits per heavy atom. The Kier molecular flexibility index (Phi) is 2.78. The van der Waals surface area contributed by atoms with Gasteiger partial charge in [0.25, 0.3) is 5.69 Å². The lowest BCUT2D eigenvalue weighted by molar-refractivity contribution is -0.384. The number of hydrogen-bond acceptors (Lipinski definition) is 5. The molecule has 0 aliphatic rings. The number of nitro benzene ring substituents is 1. The van der Waals surface area contributed by atoms with E-state index in [1.807, 2.05) is 6.92 Å². The molecule has 88 valence electrons. The maximum Gasteiger partial charge on any atom is 0.278 e. The number of nitrogens with two attached hydrogens (primary N) is 1. The summed E-state index contributed by atoms with van der Waals surface area (Å²) in [5.41, 5.74) is 7.17. The molecule has 2 aromatic rings. The molecule has 0 radical (unpaired) electrons. The van der Waals surface area contributed by atoms with E-state index in [9.17, 15) is 10.1 Å². The Morgan fingerprint density at radius 2 is 2.18 bits per heavy atom. The molecule has 6 nitrogen and oxygen atoms in total. The average molecular weight is 233 g/mol. The Hall–Kier alpha value is -2.37. The number of hydrogen-bond donors (Lipinski definition) is 1. The third kappa shape index (κ3) is 1.84. The largest absolute Gasteiger partial charge is 0.367 e. The van der Waals surface area contributed by atoms with Gasteiger partial charge in [0.05, 0.1) is 10.5 Å². The smallest absolute Gasteiger partial charge is 0.278 e. The standard InChI is InChI=1S/C11H11N3O3/c1-2-7-10(13-17-11(7)12)8-5-3-4-6-9(8)14(15)16/h3-6H,2,12H2,1H3. The molecule has 0 atom stereocenters. The maximum absolute atomic E-state index is 10.9. The molecule has 0 aliphatic carbocycles. The topological polar surface area (TPSA) is 95.2 Å². The first kappa shape index (κ1) is 11.1. The third-order valence-electron chi connectivity index (χ3n) is 2.53. The van der Waals surface area contributed by atoms with Crippen LogP contribution in [0.5, 0.6) is 0 Å². The van der Waals surface area contributed by atoms with Crippen LogP contribution in [0.3, 0.4) is 0 Å². The highest BCUT2D eigenvalue weighted by atomic mass is 16.6. The molecule has 0 amide bonds. The van der Waals surface area contributed by atoms with E-state index in [0.717, 1.165) is 0 Å². The van der Waals surface area contributed by atoms with Crippen LogP contribution in [-0.4, -0.2) is 10.1 Å². The van der Waals surface area contributed by atoms with E-state index < -0.39 is 4.92 Å². The summed E-state index contributed by atoms with van der Waals surface area (Å²) in [4.78, 5) is 10.5. The molecule has 2 rings (SSSR count). The number of nitrogen functional groups attached to an aromatic ring is 1. The van der Waals surface area contributed by atoms with Crippen LogP contribution in [-0.2, 0) is 6.42 Å². The second-order valence-electron chi connectivity index (χ2n) is 3.50. The molecule has 0 bridgehead atoms. The fraction of sp³-hybridized carbons (Fsp3) is 0.182. The lowest BCUT2D eigenvalue weighted by atomic mass is 10.0. The second-order valence-corrected chi connectivity index (χ2v) is 3.50. The summed E-state index contributed by atoms with van der Waals surface area (Å²) in [5, 5.41) is 14.7. The molecule has 1 aromatic heterocycles. The fourth-order valence-electron chi connectivity index (χ4n) is 1.71.